The van der Waals surface area contributed by atoms with Crippen molar-refractivity contribution in [1.29, 1.82) is 0 Å². The molecular formula is C16H17Cl2N3O2. The molecule has 2 aromatic rings. The van der Waals surface area contributed by atoms with Crippen molar-refractivity contribution in [3.63, 3.8) is 0 Å². The minimum atomic E-state index is -0.448. The Hall–Kier alpha value is -1.98. The minimum absolute atomic E-state index is 0.137. The van der Waals surface area contributed by atoms with E-state index in [1.165, 1.54) is 10.6 Å². The van der Waals surface area contributed by atoms with E-state index in [0.29, 0.717) is 15.9 Å². The average Bonchev–Trinajstić information content (AvgIpc) is 2.82. The minimum Gasteiger partial charge on any atom is -0.359 e. The Morgan fingerprint density at radius 3 is 2.39 bits per heavy atom. The van der Waals surface area contributed by atoms with Crippen LogP contribution in [0, 0.1) is 0 Å². The van der Waals surface area contributed by atoms with Gasteiger partial charge in [0.2, 0.25) is 5.91 Å². The molecule has 0 aliphatic carbocycles. The summed E-state index contributed by atoms with van der Waals surface area (Å²) in [6.07, 6.45) is 0.137. The Balaban J connectivity index is 2.24. The van der Waals surface area contributed by atoms with Gasteiger partial charge >= 0.3 is 0 Å². The van der Waals surface area contributed by atoms with Gasteiger partial charge in [-0.25, -0.2) is 0 Å². The maximum Gasteiger partial charge on any atom is 0.268 e. The summed E-state index contributed by atoms with van der Waals surface area (Å²) >= 11 is 11.9. The topological polar surface area (TPSA) is 63.1 Å². The molecule has 23 heavy (non-hydrogen) atoms. The monoisotopic (exact) mass is 353 g/mol. The van der Waals surface area contributed by atoms with E-state index in [4.69, 9.17) is 23.2 Å². The zero-order chi connectivity index (χ0) is 17.0. The smallest absolute Gasteiger partial charge is 0.268 e. The van der Waals surface area contributed by atoms with Gasteiger partial charge in [0.25, 0.3) is 5.91 Å². The molecule has 0 radical (unpaired) electrons. The van der Waals surface area contributed by atoms with E-state index in [2.05, 4.69) is 10.6 Å². The Labute approximate surface area is 144 Å². The molecular weight excluding hydrogens is 337 g/mol. The summed E-state index contributed by atoms with van der Waals surface area (Å²) in [5.41, 5.74) is 1.17. The number of carbonyl (C=O) groups is 2. The van der Waals surface area contributed by atoms with Crippen LogP contribution >= 0.6 is 23.2 Å². The van der Waals surface area contributed by atoms with Gasteiger partial charge in [-0.05, 0) is 11.6 Å². The van der Waals surface area contributed by atoms with Gasteiger partial charge in [-0.15, -0.1) is 0 Å². The lowest BCUT2D eigenvalue weighted by atomic mass is 10.0. The zero-order valence-corrected chi connectivity index (χ0v) is 14.3. The Kier molecular flexibility index (Phi) is 5.69. The number of rotatable bonds is 5. The van der Waals surface area contributed by atoms with Crippen molar-refractivity contribution in [2.24, 2.45) is 7.05 Å². The van der Waals surface area contributed by atoms with E-state index in [9.17, 15) is 9.59 Å². The van der Waals surface area contributed by atoms with Gasteiger partial charge in [0.15, 0.2) is 0 Å². The first-order valence-corrected chi connectivity index (χ1v) is 7.76. The number of halogens is 2. The zero-order valence-electron chi connectivity index (χ0n) is 12.8. The molecule has 1 heterocycles. The molecule has 1 atom stereocenters. The van der Waals surface area contributed by atoms with Crippen LogP contribution in [-0.2, 0) is 11.8 Å². The lowest BCUT2D eigenvalue weighted by molar-refractivity contribution is -0.121. The molecule has 0 saturated heterocycles. The molecule has 1 unspecified atom stereocenters. The van der Waals surface area contributed by atoms with Crippen LogP contribution in [0.15, 0.2) is 36.4 Å². The van der Waals surface area contributed by atoms with Crippen molar-refractivity contribution < 1.29 is 9.59 Å². The summed E-state index contributed by atoms with van der Waals surface area (Å²) in [5.74, 6) is -0.513. The van der Waals surface area contributed by atoms with Crippen LogP contribution in [0.1, 0.15) is 28.5 Å². The number of hydrogen-bond acceptors (Lipinski definition) is 2. The molecule has 1 aromatic heterocycles. The molecule has 0 aliphatic heterocycles. The fourth-order valence-corrected chi connectivity index (χ4v) is 2.59. The molecule has 0 aliphatic rings. The summed E-state index contributed by atoms with van der Waals surface area (Å²) in [6, 6.07) is 10.4. The summed E-state index contributed by atoms with van der Waals surface area (Å²) in [4.78, 5) is 24.2. The third-order valence-electron chi connectivity index (χ3n) is 3.52. The van der Waals surface area contributed by atoms with Crippen LogP contribution in [0.5, 0.6) is 0 Å². The lowest BCUT2D eigenvalue weighted by Gasteiger charge is -2.19. The Morgan fingerprint density at radius 2 is 1.87 bits per heavy atom. The molecule has 122 valence electrons. The van der Waals surface area contributed by atoms with Crippen LogP contribution in [0.2, 0.25) is 10.2 Å². The van der Waals surface area contributed by atoms with Crippen LogP contribution < -0.4 is 10.6 Å². The number of nitrogens with zero attached hydrogens (tertiary/aromatic N) is 1. The van der Waals surface area contributed by atoms with Gasteiger partial charge in [-0.2, -0.15) is 0 Å². The molecule has 2 rings (SSSR count). The number of hydrogen-bond donors (Lipinski definition) is 2. The van der Waals surface area contributed by atoms with Gasteiger partial charge < -0.3 is 15.2 Å². The molecule has 1 aromatic carbocycles. The van der Waals surface area contributed by atoms with Crippen LogP contribution in [-0.4, -0.2) is 23.4 Å². The van der Waals surface area contributed by atoms with Gasteiger partial charge in [0.1, 0.15) is 10.8 Å². The highest BCUT2D eigenvalue weighted by Crippen LogP contribution is 2.26. The maximum absolute atomic E-state index is 12.5. The van der Waals surface area contributed by atoms with Crippen LogP contribution in [0.25, 0.3) is 0 Å². The summed E-state index contributed by atoms with van der Waals surface area (Å²) < 4.78 is 1.50. The molecule has 0 bridgehead atoms. The van der Waals surface area contributed by atoms with Crippen molar-refractivity contribution >= 4 is 35.0 Å². The highest BCUT2D eigenvalue weighted by Gasteiger charge is 2.21. The van der Waals surface area contributed by atoms with Crippen molar-refractivity contribution in [1.82, 2.24) is 15.2 Å². The van der Waals surface area contributed by atoms with E-state index < -0.39 is 6.04 Å². The van der Waals surface area contributed by atoms with Crippen LogP contribution in [0.3, 0.4) is 0 Å². The van der Waals surface area contributed by atoms with E-state index in [-0.39, 0.29) is 18.2 Å². The van der Waals surface area contributed by atoms with E-state index >= 15 is 0 Å². The second-order valence-electron chi connectivity index (χ2n) is 5.04. The first-order valence-electron chi connectivity index (χ1n) is 7.01. The number of nitrogens with one attached hydrogen (secondary N) is 2. The molecule has 2 amide bonds. The maximum atomic E-state index is 12.5. The normalized spacial score (nSPS) is 11.8. The predicted molar refractivity (Wildman–Crippen MR) is 90.8 cm³/mol. The number of aromatic nitrogens is 1. The van der Waals surface area contributed by atoms with Gasteiger partial charge in [-0.1, -0.05) is 53.5 Å². The first-order chi connectivity index (χ1) is 10.9. The van der Waals surface area contributed by atoms with Crippen LogP contribution in [0.4, 0.5) is 0 Å². The largest absolute Gasteiger partial charge is 0.359 e. The fraction of sp³-hybridized carbons (Fsp3) is 0.250. The van der Waals surface area contributed by atoms with E-state index in [0.717, 1.165) is 5.56 Å². The van der Waals surface area contributed by atoms with Gasteiger partial charge in [0.05, 0.1) is 17.5 Å². The third kappa shape index (κ3) is 4.06. The number of amides is 2. The number of carbonyl (C=O) groups excluding carboxylic acids is 2. The predicted octanol–water partition coefficient (Wildman–Crippen LogP) is 2.94. The third-order valence-corrected chi connectivity index (χ3v) is 4.37. The first kappa shape index (κ1) is 17.4. The Bertz CT molecular complexity index is 714. The lowest BCUT2D eigenvalue weighted by Crippen LogP contribution is -2.33. The quantitative estimate of drug-likeness (QED) is 0.867. The summed E-state index contributed by atoms with van der Waals surface area (Å²) in [5, 5.41) is 6.02. The molecule has 0 fully saturated rings. The SMILES string of the molecule is CNC(=O)CC(NC(=O)c1cc(Cl)c(Cl)n1C)c1ccccc1. The standard InChI is InChI=1S/C16H17Cl2N3O2/c1-19-14(22)9-12(10-6-4-3-5-7-10)20-16(23)13-8-11(17)15(18)21(13)2/h3-8,12H,9H2,1-2H3,(H,19,22)(H,20,23). The van der Waals surface area contributed by atoms with Crippen molar-refractivity contribution in [2.75, 3.05) is 7.05 Å². The molecule has 0 spiro atoms. The average molecular weight is 354 g/mol. The van der Waals surface area contributed by atoms with Crippen molar-refractivity contribution in [2.45, 2.75) is 12.5 Å². The van der Waals surface area contributed by atoms with Crippen molar-refractivity contribution in [3.05, 3.63) is 57.8 Å². The Morgan fingerprint density at radius 1 is 1.22 bits per heavy atom. The highest BCUT2D eigenvalue weighted by molar-refractivity contribution is 6.41. The molecule has 7 heteroatoms. The van der Waals surface area contributed by atoms with Gasteiger partial charge in [0, 0.05) is 14.1 Å². The second-order valence-corrected chi connectivity index (χ2v) is 5.81. The fourth-order valence-electron chi connectivity index (χ4n) is 2.22. The molecule has 0 saturated carbocycles. The molecule has 2 N–H and O–H groups in total. The van der Waals surface area contributed by atoms with E-state index in [1.807, 2.05) is 30.3 Å². The van der Waals surface area contributed by atoms with Gasteiger partial charge in [-0.3, -0.25) is 9.59 Å². The number of benzene rings is 1. The second kappa shape index (κ2) is 7.53. The van der Waals surface area contributed by atoms with E-state index in [1.54, 1.807) is 14.1 Å². The summed E-state index contributed by atoms with van der Waals surface area (Å²) in [6.45, 7) is 0. The summed E-state index contributed by atoms with van der Waals surface area (Å²) in [7, 11) is 3.21. The highest BCUT2D eigenvalue weighted by atomic mass is 35.5. The molecule has 5 nitrogen and oxygen atoms in total. The van der Waals surface area contributed by atoms with Crippen molar-refractivity contribution in [3.8, 4) is 0 Å².